The van der Waals surface area contributed by atoms with Crippen LogP contribution in [-0.4, -0.2) is 22.6 Å². The maximum atomic E-state index is 6.27. The van der Waals surface area contributed by atoms with Gasteiger partial charge in [0.1, 0.15) is 10.6 Å². The zero-order valence-electron chi connectivity index (χ0n) is 14.6. The Kier molecular flexibility index (Phi) is 4.65. The van der Waals surface area contributed by atoms with Crippen molar-refractivity contribution in [3.05, 3.63) is 40.5 Å². The van der Waals surface area contributed by atoms with Crippen LogP contribution in [0.2, 0.25) is 5.28 Å². The molecule has 1 fully saturated rings. The van der Waals surface area contributed by atoms with Crippen LogP contribution in [0.5, 0.6) is 0 Å². The van der Waals surface area contributed by atoms with Crippen molar-refractivity contribution in [2.75, 3.05) is 11.4 Å². The van der Waals surface area contributed by atoms with Crippen LogP contribution in [0, 0.1) is 6.92 Å². The number of aryl methyl sites for hydroxylation is 1. The first kappa shape index (κ1) is 16.8. The number of piperidine rings is 1. The maximum Gasteiger partial charge on any atom is 0.225 e. The van der Waals surface area contributed by atoms with Gasteiger partial charge < -0.3 is 4.90 Å². The SMILES string of the molecule is CCC1CCCCN1c1nc(Cl)nc2scc(-c3ccc(C)cc3)c12. The van der Waals surface area contributed by atoms with E-state index in [2.05, 4.69) is 58.4 Å². The topological polar surface area (TPSA) is 29.0 Å². The maximum absolute atomic E-state index is 6.27. The summed E-state index contributed by atoms with van der Waals surface area (Å²) in [6.07, 6.45) is 4.87. The lowest BCUT2D eigenvalue weighted by atomic mass is 9.98. The van der Waals surface area contributed by atoms with Gasteiger partial charge >= 0.3 is 0 Å². The highest BCUT2D eigenvalue weighted by Crippen LogP contribution is 2.40. The Balaban J connectivity index is 1.90. The molecule has 3 heterocycles. The summed E-state index contributed by atoms with van der Waals surface area (Å²) in [5, 5.41) is 3.69. The molecule has 0 bridgehead atoms. The second kappa shape index (κ2) is 6.93. The Labute approximate surface area is 157 Å². The predicted octanol–water partition coefficient (Wildman–Crippen LogP) is 6.09. The number of aromatic nitrogens is 2. The summed E-state index contributed by atoms with van der Waals surface area (Å²) in [6, 6.07) is 9.22. The largest absolute Gasteiger partial charge is 0.353 e. The van der Waals surface area contributed by atoms with Gasteiger partial charge in [0, 0.05) is 23.5 Å². The quantitative estimate of drug-likeness (QED) is 0.521. The van der Waals surface area contributed by atoms with Crippen LogP contribution in [0.3, 0.4) is 0 Å². The van der Waals surface area contributed by atoms with Crippen LogP contribution >= 0.6 is 22.9 Å². The predicted molar refractivity (Wildman–Crippen MR) is 108 cm³/mol. The number of anilines is 1. The van der Waals surface area contributed by atoms with Crippen molar-refractivity contribution in [2.45, 2.75) is 45.6 Å². The van der Waals surface area contributed by atoms with E-state index in [0.29, 0.717) is 11.3 Å². The van der Waals surface area contributed by atoms with Gasteiger partial charge in [-0.3, -0.25) is 0 Å². The van der Waals surface area contributed by atoms with Gasteiger partial charge in [0.05, 0.1) is 5.39 Å². The highest BCUT2D eigenvalue weighted by molar-refractivity contribution is 7.17. The number of fused-ring (bicyclic) bond motifs is 1. The third-order valence-corrected chi connectivity index (χ3v) is 6.16. The van der Waals surface area contributed by atoms with Crippen LogP contribution < -0.4 is 4.90 Å². The van der Waals surface area contributed by atoms with Crippen LogP contribution in [-0.2, 0) is 0 Å². The minimum atomic E-state index is 0.347. The fourth-order valence-corrected chi connectivity index (χ4v) is 4.91. The first-order valence-corrected chi connectivity index (χ1v) is 10.2. The summed E-state index contributed by atoms with van der Waals surface area (Å²) in [6.45, 7) is 5.42. The molecule has 1 aliphatic rings. The van der Waals surface area contributed by atoms with Gasteiger partial charge in [0.25, 0.3) is 0 Å². The lowest BCUT2D eigenvalue weighted by molar-refractivity contribution is 0.448. The molecule has 2 aromatic heterocycles. The molecular formula is C20H22ClN3S. The van der Waals surface area contributed by atoms with Gasteiger partial charge in [-0.1, -0.05) is 36.8 Å². The average Bonchev–Trinajstić information content (AvgIpc) is 3.05. The van der Waals surface area contributed by atoms with E-state index in [1.54, 1.807) is 11.3 Å². The van der Waals surface area contributed by atoms with E-state index in [0.717, 1.165) is 29.0 Å². The smallest absolute Gasteiger partial charge is 0.225 e. The normalized spacial score (nSPS) is 18.0. The molecule has 5 heteroatoms. The molecule has 0 radical (unpaired) electrons. The fourth-order valence-electron chi connectivity index (χ4n) is 3.76. The Morgan fingerprint density at radius 1 is 1.20 bits per heavy atom. The molecule has 1 unspecified atom stereocenters. The Bertz CT molecular complexity index is 888. The summed E-state index contributed by atoms with van der Waals surface area (Å²) in [4.78, 5) is 12.6. The van der Waals surface area contributed by atoms with Gasteiger partial charge in [-0.05, 0) is 49.8 Å². The molecule has 0 spiro atoms. The van der Waals surface area contributed by atoms with Gasteiger partial charge in [-0.15, -0.1) is 11.3 Å². The Hall–Kier alpha value is -1.65. The molecule has 1 atom stereocenters. The third kappa shape index (κ3) is 3.13. The zero-order valence-corrected chi connectivity index (χ0v) is 16.2. The average molecular weight is 372 g/mol. The summed E-state index contributed by atoms with van der Waals surface area (Å²) in [5.41, 5.74) is 3.70. The van der Waals surface area contributed by atoms with Gasteiger partial charge in [-0.2, -0.15) is 4.98 Å². The molecule has 3 nitrogen and oxygen atoms in total. The van der Waals surface area contributed by atoms with E-state index in [1.165, 1.54) is 36.0 Å². The molecule has 0 saturated carbocycles. The second-order valence-electron chi connectivity index (χ2n) is 6.76. The number of hydrogen-bond donors (Lipinski definition) is 0. The lowest BCUT2D eigenvalue weighted by Crippen LogP contribution is -2.39. The molecule has 1 saturated heterocycles. The number of rotatable bonds is 3. The Morgan fingerprint density at radius 3 is 2.76 bits per heavy atom. The molecule has 130 valence electrons. The van der Waals surface area contributed by atoms with E-state index in [9.17, 15) is 0 Å². The van der Waals surface area contributed by atoms with E-state index in [1.807, 2.05) is 0 Å². The summed E-state index contributed by atoms with van der Waals surface area (Å²) in [7, 11) is 0. The third-order valence-electron chi connectivity index (χ3n) is 5.12. The first-order chi connectivity index (χ1) is 12.2. The summed E-state index contributed by atoms with van der Waals surface area (Å²) < 4.78 is 0. The van der Waals surface area contributed by atoms with Gasteiger partial charge in [0.15, 0.2) is 0 Å². The molecule has 25 heavy (non-hydrogen) atoms. The van der Waals surface area contributed by atoms with Crippen LogP contribution in [0.1, 0.15) is 38.2 Å². The summed E-state index contributed by atoms with van der Waals surface area (Å²) in [5.74, 6) is 1.01. The second-order valence-corrected chi connectivity index (χ2v) is 7.96. The number of benzene rings is 1. The van der Waals surface area contributed by atoms with Crippen LogP contribution in [0.4, 0.5) is 5.82 Å². The minimum absolute atomic E-state index is 0.347. The van der Waals surface area contributed by atoms with E-state index >= 15 is 0 Å². The number of thiophene rings is 1. The monoisotopic (exact) mass is 371 g/mol. The number of nitrogens with zero attached hydrogens (tertiary/aromatic N) is 3. The molecular weight excluding hydrogens is 350 g/mol. The number of hydrogen-bond acceptors (Lipinski definition) is 4. The molecule has 0 aliphatic carbocycles. The van der Waals surface area contributed by atoms with Crippen LogP contribution in [0.15, 0.2) is 29.6 Å². The standard InChI is InChI=1S/C20H22ClN3S/c1-3-15-6-4-5-11-24(15)18-17-16(14-9-7-13(2)8-10-14)12-25-19(17)23-20(21)22-18/h7-10,12,15H,3-6,11H2,1-2H3. The molecule has 1 aromatic carbocycles. The van der Waals surface area contributed by atoms with E-state index in [4.69, 9.17) is 11.6 Å². The molecule has 0 amide bonds. The van der Waals surface area contributed by atoms with Crippen molar-refractivity contribution >= 4 is 39.0 Å². The zero-order chi connectivity index (χ0) is 17.4. The summed E-state index contributed by atoms with van der Waals surface area (Å²) >= 11 is 7.92. The van der Waals surface area contributed by atoms with Crippen molar-refractivity contribution in [2.24, 2.45) is 0 Å². The van der Waals surface area contributed by atoms with E-state index < -0.39 is 0 Å². The molecule has 4 rings (SSSR count). The van der Waals surface area contributed by atoms with Crippen molar-refractivity contribution in [3.8, 4) is 11.1 Å². The number of halogens is 1. The Morgan fingerprint density at radius 2 is 2.00 bits per heavy atom. The fraction of sp³-hybridized carbons (Fsp3) is 0.400. The first-order valence-electron chi connectivity index (χ1n) is 8.95. The highest BCUT2D eigenvalue weighted by atomic mass is 35.5. The lowest BCUT2D eigenvalue weighted by Gasteiger charge is -2.36. The van der Waals surface area contributed by atoms with Crippen molar-refractivity contribution < 1.29 is 0 Å². The molecule has 1 aliphatic heterocycles. The van der Waals surface area contributed by atoms with Crippen molar-refractivity contribution in [1.29, 1.82) is 0 Å². The van der Waals surface area contributed by atoms with Crippen molar-refractivity contribution in [1.82, 2.24) is 9.97 Å². The van der Waals surface area contributed by atoms with E-state index in [-0.39, 0.29) is 0 Å². The van der Waals surface area contributed by atoms with Gasteiger partial charge in [0.2, 0.25) is 5.28 Å². The minimum Gasteiger partial charge on any atom is -0.353 e. The van der Waals surface area contributed by atoms with Crippen LogP contribution in [0.25, 0.3) is 21.3 Å². The highest BCUT2D eigenvalue weighted by Gasteiger charge is 2.26. The molecule has 0 N–H and O–H groups in total. The van der Waals surface area contributed by atoms with Crippen molar-refractivity contribution in [3.63, 3.8) is 0 Å². The van der Waals surface area contributed by atoms with Gasteiger partial charge in [-0.25, -0.2) is 4.98 Å². The molecule has 3 aromatic rings.